The van der Waals surface area contributed by atoms with Gasteiger partial charge >= 0.3 is 12.0 Å². The number of urea groups is 1. The SMILES string of the molecule is COC(=O)C1=C(CSc2nnc(C)s2)NC(=O)NC1c1cc(C)ccc1C. The summed E-state index contributed by atoms with van der Waals surface area (Å²) in [6.07, 6.45) is 0. The van der Waals surface area contributed by atoms with Gasteiger partial charge in [-0.1, -0.05) is 46.9 Å². The molecule has 7 nitrogen and oxygen atoms in total. The van der Waals surface area contributed by atoms with Crippen molar-refractivity contribution in [2.24, 2.45) is 0 Å². The van der Waals surface area contributed by atoms with Crippen molar-refractivity contribution < 1.29 is 14.3 Å². The number of thioether (sulfide) groups is 1. The number of aryl methyl sites for hydroxylation is 3. The molecular weight excluding hydrogens is 384 g/mol. The molecule has 0 aliphatic carbocycles. The molecule has 27 heavy (non-hydrogen) atoms. The first kappa shape index (κ1) is 19.4. The number of hydrogen-bond acceptors (Lipinski definition) is 7. The average molecular weight is 405 g/mol. The van der Waals surface area contributed by atoms with Gasteiger partial charge in [-0.25, -0.2) is 9.59 Å². The third-order valence-electron chi connectivity index (χ3n) is 4.15. The Morgan fingerprint density at radius 2 is 2.07 bits per heavy atom. The van der Waals surface area contributed by atoms with E-state index in [1.165, 1.54) is 30.2 Å². The van der Waals surface area contributed by atoms with Gasteiger partial charge in [0.1, 0.15) is 5.01 Å². The first-order valence-corrected chi connectivity index (χ1v) is 10.1. The van der Waals surface area contributed by atoms with E-state index >= 15 is 0 Å². The van der Waals surface area contributed by atoms with E-state index in [0.29, 0.717) is 17.0 Å². The number of nitrogens with one attached hydrogen (secondary N) is 2. The lowest BCUT2D eigenvalue weighted by atomic mass is 9.91. The van der Waals surface area contributed by atoms with Crippen LogP contribution < -0.4 is 10.6 Å². The summed E-state index contributed by atoms with van der Waals surface area (Å²) >= 11 is 2.89. The molecule has 3 rings (SSSR count). The zero-order valence-corrected chi connectivity index (χ0v) is 17.1. The second-order valence-electron chi connectivity index (χ2n) is 6.15. The predicted molar refractivity (Wildman–Crippen MR) is 105 cm³/mol. The molecule has 0 saturated carbocycles. The van der Waals surface area contributed by atoms with Crippen molar-refractivity contribution in [3.05, 3.63) is 51.2 Å². The van der Waals surface area contributed by atoms with E-state index in [-0.39, 0.29) is 6.03 Å². The Balaban J connectivity index is 2.01. The molecule has 1 unspecified atom stereocenters. The Labute approximate surface area is 165 Å². The maximum absolute atomic E-state index is 12.6. The largest absolute Gasteiger partial charge is 0.466 e. The van der Waals surface area contributed by atoms with Crippen LogP contribution in [-0.2, 0) is 9.53 Å². The quantitative estimate of drug-likeness (QED) is 0.588. The molecule has 1 atom stereocenters. The molecule has 2 N–H and O–H groups in total. The van der Waals surface area contributed by atoms with Gasteiger partial charge in [0.05, 0.1) is 18.7 Å². The van der Waals surface area contributed by atoms with Crippen LogP contribution in [0, 0.1) is 20.8 Å². The molecule has 0 spiro atoms. The number of aromatic nitrogens is 2. The number of carbonyl (C=O) groups is 2. The maximum atomic E-state index is 12.6. The second kappa shape index (κ2) is 8.10. The van der Waals surface area contributed by atoms with Crippen molar-refractivity contribution in [2.75, 3.05) is 12.9 Å². The smallest absolute Gasteiger partial charge is 0.338 e. The molecule has 142 valence electrons. The summed E-state index contributed by atoms with van der Waals surface area (Å²) in [5.41, 5.74) is 3.84. The number of amides is 2. The van der Waals surface area contributed by atoms with Crippen molar-refractivity contribution in [1.82, 2.24) is 20.8 Å². The zero-order valence-electron chi connectivity index (χ0n) is 15.5. The zero-order chi connectivity index (χ0) is 19.6. The Morgan fingerprint density at radius 1 is 1.30 bits per heavy atom. The van der Waals surface area contributed by atoms with Gasteiger partial charge in [-0.2, -0.15) is 0 Å². The van der Waals surface area contributed by atoms with Gasteiger partial charge in [-0.15, -0.1) is 10.2 Å². The third-order valence-corrected chi connectivity index (χ3v) is 6.15. The lowest BCUT2D eigenvalue weighted by Crippen LogP contribution is -2.46. The summed E-state index contributed by atoms with van der Waals surface area (Å²) in [6.45, 7) is 5.81. The highest BCUT2D eigenvalue weighted by Gasteiger charge is 2.34. The molecule has 1 aromatic carbocycles. The molecule has 2 aromatic rings. The van der Waals surface area contributed by atoms with Crippen LogP contribution in [0.2, 0.25) is 0 Å². The molecule has 1 aliphatic rings. The Kier molecular flexibility index (Phi) is 5.81. The number of rotatable bonds is 5. The topological polar surface area (TPSA) is 93.2 Å². The first-order chi connectivity index (χ1) is 12.9. The highest BCUT2D eigenvalue weighted by molar-refractivity contribution is 8.01. The van der Waals surface area contributed by atoms with Crippen LogP contribution in [0.5, 0.6) is 0 Å². The van der Waals surface area contributed by atoms with Crippen molar-refractivity contribution in [3.8, 4) is 0 Å². The van der Waals surface area contributed by atoms with Crippen LogP contribution in [0.1, 0.15) is 27.7 Å². The highest BCUT2D eigenvalue weighted by Crippen LogP contribution is 2.33. The van der Waals surface area contributed by atoms with E-state index in [1.807, 2.05) is 39.0 Å². The van der Waals surface area contributed by atoms with Crippen molar-refractivity contribution in [2.45, 2.75) is 31.2 Å². The molecular formula is C18H20N4O3S2. The fraction of sp³-hybridized carbons (Fsp3) is 0.333. The summed E-state index contributed by atoms with van der Waals surface area (Å²) in [6, 6.07) is 5.03. The van der Waals surface area contributed by atoms with Crippen molar-refractivity contribution >= 4 is 35.1 Å². The number of nitrogens with zero attached hydrogens (tertiary/aromatic N) is 2. The van der Waals surface area contributed by atoms with Gasteiger partial charge in [0.25, 0.3) is 0 Å². The Bertz CT molecular complexity index is 923. The number of methoxy groups -OCH3 is 1. The summed E-state index contributed by atoms with van der Waals surface area (Å²) in [5, 5.41) is 14.5. The normalized spacial score (nSPS) is 16.7. The first-order valence-electron chi connectivity index (χ1n) is 8.28. The van der Waals surface area contributed by atoms with Gasteiger partial charge in [-0.05, 0) is 31.9 Å². The second-order valence-corrected chi connectivity index (χ2v) is 8.56. The molecule has 1 aromatic heterocycles. The van der Waals surface area contributed by atoms with E-state index in [2.05, 4.69) is 20.8 Å². The maximum Gasteiger partial charge on any atom is 0.338 e. The van der Waals surface area contributed by atoms with Gasteiger partial charge in [0.15, 0.2) is 4.34 Å². The van der Waals surface area contributed by atoms with Crippen LogP contribution in [0.3, 0.4) is 0 Å². The van der Waals surface area contributed by atoms with Gasteiger partial charge in [-0.3, -0.25) is 0 Å². The fourth-order valence-electron chi connectivity index (χ4n) is 2.86. The van der Waals surface area contributed by atoms with Crippen LogP contribution >= 0.6 is 23.1 Å². The average Bonchev–Trinajstić information content (AvgIpc) is 3.06. The van der Waals surface area contributed by atoms with Crippen LogP contribution in [-0.4, -0.2) is 35.1 Å². The van der Waals surface area contributed by atoms with Crippen molar-refractivity contribution in [3.63, 3.8) is 0 Å². The minimum atomic E-state index is -0.571. The number of carbonyl (C=O) groups excluding carboxylic acids is 2. The molecule has 0 radical (unpaired) electrons. The fourth-order valence-corrected chi connectivity index (χ4v) is 4.64. The van der Waals surface area contributed by atoms with E-state index in [1.54, 1.807) is 0 Å². The minimum Gasteiger partial charge on any atom is -0.466 e. The van der Waals surface area contributed by atoms with Crippen LogP contribution in [0.25, 0.3) is 0 Å². The van der Waals surface area contributed by atoms with Gasteiger partial charge in [0.2, 0.25) is 0 Å². The molecule has 0 bridgehead atoms. The monoisotopic (exact) mass is 404 g/mol. The number of ether oxygens (including phenoxy) is 1. The Hall–Kier alpha value is -2.39. The van der Waals surface area contributed by atoms with Crippen LogP contribution in [0.15, 0.2) is 33.8 Å². The number of hydrogen-bond donors (Lipinski definition) is 2. The Morgan fingerprint density at radius 3 is 2.74 bits per heavy atom. The number of esters is 1. The lowest BCUT2D eigenvalue weighted by molar-refractivity contribution is -0.136. The predicted octanol–water partition coefficient (Wildman–Crippen LogP) is 3.04. The number of benzene rings is 1. The van der Waals surface area contributed by atoms with Crippen LogP contribution in [0.4, 0.5) is 4.79 Å². The van der Waals surface area contributed by atoms with E-state index in [4.69, 9.17) is 4.74 Å². The molecule has 0 fully saturated rings. The van der Waals surface area contributed by atoms with E-state index in [9.17, 15) is 9.59 Å². The highest BCUT2D eigenvalue weighted by atomic mass is 32.2. The summed E-state index contributed by atoms with van der Waals surface area (Å²) in [4.78, 5) is 24.9. The molecule has 1 aliphatic heterocycles. The van der Waals surface area contributed by atoms with Crippen molar-refractivity contribution in [1.29, 1.82) is 0 Å². The molecule has 9 heteroatoms. The van der Waals surface area contributed by atoms with E-state index < -0.39 is 12.0 Å². The summed E-state index contributed by atoms with van der Waals surface area (Å²) in [7, 11) is 1.34. The van der Waals surface area contributed by atoms with E-state index in [0.717, 1.165) is 26.0 Å². The molecule has 0 saturated heterocycles. The standard InChI is InChI=1S/C18H20N4O3S2/c1-9-5-6-10(2)12(7-9)15-14(16(23)25-4)13(19-17(24)20-15)8-26-18-22-21-11(3)27-18/h5-7,15H,8H2,1-4H3,(H2,19,20,24). The summed E-state index contributed by atoms with van der Waals surface area (Å²) in [5.74, 6) is -0.0918. The third kappa shape index (κ3) is 4.30. The lowest BCUT2D eigenvalue weighted by Gasteiger charge is -2.30. The van der Waals surface area contributed by atoms with Gasteiger partial charge < -0.3 is 15.4 Å². The van der Waals surface area contributed by atoms with Gasteiger partial charge in [0, 0.05) is 11.4 Å². The summed E-state index contributed by atoms with van der Waals surface area (Å²) < 4.78 is 5.79. The molecule has 2 heterocycles. The minimum absolute atomic E-state index is 0.349. The molecule has 2 amide bonds.